The molecule has 0 saturated heterocycles. The summed E-state index contributed by atoms with van der Waals surface area (Å²) >= 11 is 1.11. The zero-order valence-electron chi connectivity index (χ0n) is 8.13. The van der Waals surface area contributed by atoms with Crippen LogP contribution in [-0.2, 0) is 0 Å². The number of aldehydes is 1. The maximum atomic E-state index is 13.5. The Hall–Kier alpha value is -1.75. The van der Waals surface area contributed by atoms with Crippen molar-refractivity contribution in [3.05, 3.63) is 48.2 Å². The molecular weight excluding hydrogens is 227 g/mol. The normalized spacial score (nSPS) is 10.1. The summed E-state index contributed by atoms with van der Waals surface area (Å²) < 4.78 is 13.5. The number of halogens is 1. The van der Waals surface area contributed by atoms with Gasteiger partial charge >= 0.3 is 0 Å². The van der Waals surface area contributed by atoms with E-state index in [1.54, 1.807) is 18.3 Å². The fourth-order valence-electron chi connectivity index (χ4n) is 1.17. The molecule has 0 amide bonds. The van der Waals surface area contributed by atoms with Crippen molar-refractivity contribution in [2.75, 3.05) is 0 Å². The zero-order valence-corrected chi connectivity index (χ0v) is 8.95. The average molecular weight is 234 g/mol. The van der Waals surface area contributed by atoms with Gasteiger partial charge in [-0.2, -0.15) is 0 Å². The van der Waals surface area contributed by atoms with Crippen LogP contribution in [0.3, 0.4) is 0 Å². The summed E-state index contributed by atoms with van der Waals surface area (Å²) in [7, 11) is 0. The molecule has 0 radical (unpaired) electrons. The minimum absolute atomic E-state index is 0.288. The number of aromatic nitrogens is 2. The Labute approximate surface area is 95.7 Å². The van der Waals surface area contributed by atoms with Crippen molar-refractivity contribution in [2.24, 2.45) is 0 Å². The quantitative estimate of drug-likeness (QED) is 0.604. The molecule has 3 nitrogen and oxygen atoms in total. The third-order valence-corrected chi connectivity index (χ3v) is 2.97. The van der Waals surface area contributed by atoms with Gasteiger partial charge in [0.25, 0.3) is 0 Å². The Morgan fingerprint density at radius 3 is 2.88 bits per heavy atom. The number of hydrogen-bond acceptors (Lipinski definition) is 4. The number of carbonyl (C=O) groups excluding carboxylic acids is 1. The summed E-state index contributed by atoms with van der Waals surface area (Å²) in [5.74, 6) is -0.423. The van der Waals surface area contributed by atoms with Gasteiger partial charge in [-0.3, -0.25) is 4.79 Å². The smallest absolute Gasteiger partial charge is 0.151 e. The van der Waals surface area contributed by atoms with Crippen LogP contribution in [0.2, 0.25) is 0 Å². The van der Waals surface area contributed by atoms with E-state index >= 15 is 0 Å². The minimum Gasteiger partial charge on any atom is -0.298 e. The van der Waals surface area contributed by atoms with Crippen molar-refractivity contribution in [2.45, 2.75) is 9.92 Å². The van der Waals surface area contributed by atoms with E-state index in [2.05, 4.69) is 9.97 Å². The first-order chi connectivity index (χ1) is 7.81. The molecule has 1 aromatic carbocycles. The number of nitrogens with zero attached hydrogens (tertiary/aromatic N) is 2. The Morgan fingerprint density at radius 1 is 1.31 bits per heavy atom. The highest BCUT2D eigenvalue weighted by Gasteiger charge is 2.09. The van der Waals surface area contributed by atoms with Crippen LogP contribution in [0.1, 0.15) is 10.4 Å². The molecule has 0 aliphatic heterocycles. The highest BCUT2D eigenvalue weighted by Crippen LogP contribution is 2.30. The lowest BCUT2D eigenvalue weighted by molar-refractivity contribution is 0.112. The van der Waals surface area contributed by atoms with Crippen molar-refractivity contribution < 1.29 is 9.18 Å². The summed E-state index contributed by atoms with van der Waals surface area (Å²) in [5, 5.41) is 0.600. The van der Waals surface area contributed by atoms with Gasteiger partial charge in [-0.05, 0) is 12.1 Å². The predicted octanol–water partition coefficient (Wildman–Crippen LogP) is 2.58. The third kappa shape index (κ3) is 2.25. The summed E-state index contributed by atoms with van der Waals surface area (Å²) in [6.07, 6.45) is 3.58. The van der Waals surface area contributed by atoms with Gasteiger partial charge in [0.2, 0.25) is 0 Å². The third-order valence-electron chi connectivity index (χ3n) is 1.89. The zero-order chi connectivity index (χ0) is 11.4. The average Bonchev–Trinajstić information content (AvgIpc) is 2.33. The fourth-order valence-corrected chi connectivity index (χ4v) is 2.01. The lowest BCUT2D eigenvalue weighted by atomic mass is 10.2. The molecule has 0 unspecified atom stereocenters. The van der Waals surface area contributed by atoms with Crippen LogP contribution in [0.4, 0.5) is 4.39 Å². The molecule has 2 aromatic rings. The second-order valence-corrected chi connectivity index (χ2v) is 3.96. The van der Waals surface area contributed by atoms with E-state index < -0.39 is 5.82 Å². The SMILES string of the molecule is O=Cc1cccc(F)c1Sc1ccncn1. The van der Waals surface area contributed by atoms with Gasteiger partial charge < -0.3 is 0 Å². The van der Waals surface area contributed by atoms with Gasteiger partial charge in [-0.25, -0.2) is 14.4 Å². The largest absolute Gasteiger partial charge is 0.298 e. The highest BCUT2D eigenvalue weighted by atomic mass is 32.2. The topological polar surface area (TPSA) is 42.9 Å². The summed E-state index contributed by atoms with van der Waals surface area (Å²) in [5.41, 5.74) is 0.323. The highest BCUT2D eigenvalue weighted by molar-refractivity contribution is 7.99. The van der Waals surface area contributed by atoms with Crippen molar-refractivity contribution in [1.82, 2.24) is 9.97 Å². The second kappa shape index (κ2) is 4.85. The Balaban J connectivity index is 2.38. The lowest BCUT2D eigenvalue weighted by Gasteiger charge is -2.04. The van der Waals surface area contributed by atoms with E-state index in [0.29, 0.717) is 16.9 Å². The molecule has 0 bridgehead atoms. The molecule has 5 heteroatoms. The molecule has 1 aromatic heterocycles. The lowest BCUT2D eigenvalue weighted by Crippen LogP contribution is -1.90. The Bertz CT molecular complexity index is 505. The summed E-state index contributed by atoms with van der Waals surface area (Å²) in [6, 6.07) is 6.05. The van der Waals surface area contributed by atoms with Crippen LogP contribution < -0.4 is 0 Å². The van der Waals surface area contributed by atoms with E-state index in [9.17, 15) is 9.18 Å². The molecular formula is C11H7FN2OS. The number of carbonyl (C=O) groups is 1. The first-order valence-electron chi connectivity index (χ1n) is 4.49. The van der Waals surface area contributed by atoms with Gasteiger partial charge in [-0.15, -0.1) is 0 Å². The molecule has 80 valence electrons. The molecule has 0 spiro atoms. The fraction of sp³-hybridized carbons (Fsp3) is 0. The molecule has 0 aliphatic rings. The van der Waals surface area contributed by atoms with Crippen LogP contribution in [0.25, 0.3) is 0 Å². The second-order valence-electron chi connectivity index (χ2n) is 2.93. The van der Waals surface area contributed by atoms with Crippen molar-refractivity contribution in [1.29, 1.82) is 0 Å². The van der Waals surface area contributed by atoms with Crippen LogP contribution in [0, 0.1) is 5.82 Å². The maximum Gasteiger partial charge on any atom is 0.151 e. The molecule has 0 atom stereocenters. The number of benzene rings is 1. The monoisotopic (exact) mass is 234 g/mol. The number of rotatable bonds is 3. The standard InChI is InChI=1S/C11H7FN2OS/c12-9-3-1-2-8(6-15)11(9)16-10-4-5-13-7-14-10/h1-7H. The Morgan fingerprint density at radius 2 is 2.19 bits per heavy atom. The predicted molar refractivity (Wildman–Crippen MR) is 57.9 cm³/mol. The van der Waals surface area contributed by atoms with Gasteiger partial charge in [0, 0.05) is 11.8 Å². The first-order valence-corrected chi connectivity index (χ1v) is 5.30. The molecule has 0 aliphatic carbocycles. The van der Waals surface area contributed by atoms with Crippen LogP contribution in [-0.4, -0.2) is 16.3 Å². The van der Waals surface area contributed by atoms with E-state index in [1.807, 2.05) is 0 Å². The molecule has 0 saturated carbocycles. The Kier molecular flexibility index (Phi) is 3.26. The van der Waals surface area contributed by atoms with E-state index in [1.165, 1.54) is 18.5 Å². The molecule has 0 N–H and O–H groups in total. The summed E-state index contributed by atoms with van der Waals surface area (Å²) in [6.45, 7) is 0. The van der Waals surface area contributed by atoms with Crippen molar-refractivity contribution in [3.63, 3.8) is 0 Å². The van der Waals surface area contributed by atoms with E-state index in [4.69, 9.17) is 0 Å². The van der Waals surface area contributed by atoms with Gasteiger partial charge in [-0.1, -0.05) is 23.9 Å². The molecule has 16 heavy (non-hydrogen) atoms. The molecule has 1 heterocycles. The van der Waals surface area contributed by atoms with Crippen LogP contribution in [0.5, 0.6) is 0 Å². The number of hydrogen-bond donors (Lipinski definition) is 0. The molecule has 2 rings (SSSR count). The van der Waals surface area contributed by atoms with Crippen LogP contribution >= 0.6 is 11.8 Å². The van der Waals surface area contributed by atoms with Gasteiger partial charge in [0.05, 0.1) is 4.90 Å². The molecule has 0 fully saturated rings. The first kappa shape index (κ1) is 10.8. The maximum absolute atomic E-state index is 13.5. The van der Waals surface area contributed by atoms with Crippen LogP contribution in [0.15, 0.2) is 46.7 Å². The summed E-state index contributed by atoms with van der Waals surface area (Å²) in [4.78, 5) is 18.8. The van der Waals surface area contributed by atoms with Crippen molar-refractivity contribution in [3.8, 4) is 0 Å². The van der Waals surface area contributed by atoms with Crippen molar-refractivity contribution >= 4 is 18.0 Å². The van der Waals surface area contributed by atoms with E-state index in [0.717, 1.165) is 11.8 Å². The van der Waals surface area contributed by atoms with Gasteiger partial charge in [0.15, 0.2) is 6.29 Å². The minimum atomic E-state index is -0.423. The van der Waals surface area contributed by atoms with Gasteiger partial charge in [0.1, 0.15) is 17.2 Å². The van der Waals surface area contributed by atoms with E-state index in [-0.39, 0.29) is 4.90 Å².